The van der Waals surface area contributed by atoms with Crippen molar-refractivity contribution in [3.63, 3.8) is 0 Å². The number of carbonyl (C=O) groups is 2. The van der Waals surface area contributed by atoms with E-state index in [1.54, 1.807) is 32.9 Å². The van der Waals surface area contributed by atoms with Gasteiger partial charge in [-0.15, -0.1) is 0 Å². The number of ether oxygens (including phenoxy) is 1. The molecule has 0 radical (unpaired) electrons. The molecule has 0 heterocycles. The number of anilines is 2. The zero-order valence-electron chi connectivity index (χ0n) is 16.0. The monoisotopic (exact) mass is 385 g/mol. The van der Waals surface area contributed by atoms with Crippen LogP contribution in [0.15, 0.2) is 48.5 Å². The third-order valence-electron chi connectivity index (χ3n) is 3.98. The van der Waals surface area contributed by atoms with E-state index in [-0.39, 0.29) is 36.1 Å². The van der Waals surface area contributed by atoms with Gasteiger partial charge in [0, 0.05) is 23.4 Å². The van der Waals surface area contributed by atoms with Crippen molar-refractivity contribution in [2.75, 3.05) is 18.5 Å². The zero-order valence-corrected chi connectivity index (χ0v) is 16.0. The van der Waals surface area contributed by atoms with Crippen LogP contribution >= 0.6 is 0 Å². The molecule has 0 aromatic heterocycles. The number of esters is 1. The maximum Gasteiger partial charge on any atom is 0.325 e. The van der Waals surface area contributed by atoms with Gasteiger partial charge in [-0.1, -0.05) is 18.2 Å². The lowest BCUT2D eigenvalue weighted by atomic mass is 10.1. The Morgan fingerprint density at radius 2 is 1.86 bits per heavy atom. The average Bonchev–Trinajstić information content (AvgIpc) is 2.66. The van der Waals surface area contributed by atoms with Crippen LogP contribution in [0, 0.1) is 10.1 Å². The summed E-state index contributed by atoms with van der Waals surface area (Å²) < 4.78 is 4.90. The summed E-state index contributed by atoms with van der Waals surface area (Å²) in [6.07, 6.45) is 0. The van der Waals surface area contributed by atoms with Crippen LogP contribution in [-0.2, 0) is 9.53 Å². The molecular weight excluding hydrogens is 362 g/mol. The SMILES string of the molecule is CCOC(=O)CN(C(=O)c1ccc(Nc2ccccc2)c([N+](=O)[O-])c1)C(C)C. The van der Waals surface area contributed by atoms with Crippen molar-refractivity contribution in [2.24, 2.45) is 0 Å². The largest absolute Gasteiger partial charge is 0.465 e. The minimum atomic E-state index is -0.548. The maximum atomic E-state index is 12.8. The molecule has 0 aliphatic carbocycles. The fourth-order valence-corrected chi connectivity index (χ4v) is 2.60. The summed E-state index contributed by atoms with van der Waals surface area (Å²) in [4.78, 5) is 36.9. The van der Waals surface area contributed by atoms with E-state index in [2.05, 4.69) is 5.32 Å². The highest BCUT2D eigenvalue weighted by Gasteiger charge is 2.25. The molecule has 2 aromatic rings. The van der Waals surface area contributed by atoms with Crippen LogP contribution in [0.3, 0.4) is 0 Å². The van der Waals surface area contributed by atoms with Gasteiger partial charge in [0.05, 0.1) is 11.5 Å². The third kappa shape index (κ3) is 5.29. The second-order valence-electron chi connectivity index (χ2n) is 6.31. The number of benzene rings is 2. The summed E-state index contributed by atoms with van der Waals surface area (Å²) in [6.45, 7) is 5.20. The lowest BCUT2D eigenvalue weighted by molar-refractivity contribution is -0.383. The van der Waals surface area contributed by atoms with Crippen LogP contribution < -0.4 is 5.32 Å². The number of nitrogens with zero attached hydrogens (tertiary/aromatic N) is 2. The van der Waals surface area contributed by atoms with Gasteiger partial charge in [-0.3, -0.25) is 19.7 Å². The Morgan fingerprint density at radius 3 is 2.43 bits per heavy atom. The third-order valence-corrected chi connectivity index (χ3v) is 3.98. The first kappa shape index (κ1) is 20.9. The van der Waals surface area contributed by atoms with E-state index < -0.39 is 16.8 Å². The maximum absolute atomic E-state index is 12.8. The molecule has 8 nitrogen and oxygen atoms in total. The number of amides is 1. The number of hydrogen-bond donors (Lipinski definition) is 1. The first-order valence-corrected chi connectivity index (χ1v) is 8.90. The fraction of sp³-hybridized carbons (Fsp3) is 0.300. The molecule has 0 unspecified atom stereocenters. The van der Waals surface area contributed by atoms with Gasteiger partial charge in [0.1, 0.15) is 12.2 Å². The predicted octanol–water partition coefficient (Wildman–Crippen LogP) is 3.75. The standard InChI is InChI=1S/C20H23N3O5/c1-4-28-19(24)13-22(14(2)3)20(25)15-10-11-17(18(12-15)23(26)27)21-16-8-6-5-7-9-16/h5-12,14,21H,4,13H2,1-3H3. The number of para-hydroxylation sites is 1. The molecule has 0 aliphatic rings. The minimum absolute atomic E-state index is 0.128. The van der Waals surface area contributed by atoms with Gasteiger partial charge in [-0.2, -0.15) is 0 Å². The molecule has 2 aromatic carbocycles. The van der Waals surface area contributed by atoms with Crippen LogP contribution in [0.5, 0.6) is 0 Å². The number of nitro groups is 1. The number of nitrogens with one attached hydrogen (secondary N) is 1. The molecule has 148 valence electrons. The molecule has 28 heavy (non-hydrogen) atoms. The number of rotatable bonds is 8. The van der Waals surface area contributed by atoms with E-state index in [0.29, 0.717) is 5.69 Å². The Kier molecular flexibility index (Phi) is 7.08. The van der Waals surface area contributed by atoms with Gasteiger partial charge in [0.15, 0.2) is 0 Å². The molecule has 0 atom stereocenters. The van der Waals surface area contributed by atoms with E-state index in [4.69, 9.17) is 4.74 Å². The molecule has 0 fully saturated rings. The Morgan fingerprint density at radius 1 is 1.18 bits per heavy atom. The Labute approximate surface area is 163 Å². The van der Waals surface area contributed by atoms with E-state index in [0.717, 1.165) is 0 Å². The highest BCUT2D eigenvalue weighted by molar-refractivity contribution is 5.97. The fourth-order valence-electron chi connectivity index (χ4n) is 2.60. The van der Waals surface area contributed by atoms with Gasteiger partial charge in [-0.05, 0) is 45.0 Å². The summed E-state index contributed by atoms with van der Waals surface area (Å²) >= 11 is 0. The summed E-state index contributed by atoms with van der Waals surface area (Å²) in [6, 6.07) is 12.9. The van der Waals surface area contributed by atoms with E-state index in [1.165, 1.54) is 23.1 Å². The second kappa shape index (κ2) is 9.50. The molecule has 0 bridgehead atoms. The van der Waals surface area contributed by atoms with E-state index >= 15 is 0 Å². The first-order valence-electron chi connectivity index (χ1n) is 8.90. The first-order chi connectivity index (χ1) is 13.3. The highest BCUT2D eigenvalue weighted by Crippen LogP contribution is 2.29. The smallest absolute Gasteiger partial charge is 0.325 e. The van der Waals surface area contributed by atoms with Gasteiger partial charge in [-0.25, -0.2) is 0 Å². The van der Waals surface area contributed by atoms with E-state index in [9.17, 15) is 19.7 Å². The number of nitro benzene ring substituents is 1. The highest BCUT2D eigenvalue weighted by atomic mass is 16.6. The van der Waals surface area contributed by atoms with Crippen molar-refractivity contribution in [1.29, 1.82) is 0 Å². The van der Waals surface area contributed by atoms with E-state index in [1.807, 2.05) is 18.2 Å². The summed E-state index contributed by atoms with van der Waals surface area (Å²) in [7, 11) is 0. The molecule has 0 aliphatic heterocycles. The van der Waals surface area contributed by atoms with Crippen molar-refractivity contribution in [2.45, 2.75) is 26.8 Å². The minimum Gasteiger partial charge on any atom is -0.465 e. The Balaban J connectivity index is 2.31. The number of carbonyl (C=O) groups excluding carboxylic acids is 2. The van der Waals surface area contributed by atoms with Crippen LogP contribution in [0.1, 0.15) is 31.1 Å². The summed E-state index contributed by atoms with van der Waals surface area (Å²) in [5.41, 5.74) is 0.864. The van der Waals surface area contributed by atoms with Gasteiger partial charge in [0.2, 0.25) is 0 Å². The lowest BCUT2D eigenvalue weighted by Gasteiger charge is -2.25. The normalized spacial score (nSPS) is 10.4. The topological polar surface area (TPSA) is 102 Å². The second-order valence-corrected chi connectivity index (χ2v) is 6.31. The molecule has 8 heteroatoms. The van der Waals surface area contributed by atoms with Crippen molar-refractivity contribution < 1.29 is 19.2 Å². The average molecular weight is 385 g/mol. The molecule has 0 saturated carbocycles. The van der Waals surface area contributed by atoms with Crippen molar-refractivity contribution >= 4 is 28.9 Å². The van der Waals surface area contributed by atoms with Gasteiger partial charge in [0.25, 0.3) is 11.6 Å². The molecular formula is C20H23N3O5. The van der Waals surface area contributed by atoms with Gasteiger partial charge < -0.3 is 15.0 Å². The molecule has 0 spiro atoms. The van der Waals surface area contributed by atoms with Crippen LogP contribution in [0.25, 0.3) is 0 Å². The van der Waals surface area contributed by atoms with Crippen molar-refractivity contribution in [1.82, 2.24) is 4.90 Å². The molecule has 1 amide bonds. The van der Waals surface area contributed by atoms with Crippen LogP contribution in [-0.4, -0.2) is 40.9 Å². The van der Waals surface area contributed by atoms with Crippen molar-refractivity contribution in [3.8, 4) is 0 Å². The lowest BCUT2D eigenvalue weighted by Crippen LogP contribution is -2.41. The van der Waals surface area contributed by atoms with Crippen LogP contribution in [0.2, 0.25) is 0 Å². The quantitative estimate of drug-likeness (QED) is 0.422. The number of hydrogen-bond acceptors (Lipinski definition) is 6. The zero-order chi connectivity index (χ0) is 20.7. The molecule has 1 N–H and O–H groups in total. The van der Waals surface area contributed by atoms with Crippen molar-refractivity contribution in [3.05, 3.63) is 64.2 Å². The Hall–Kier alpha value is -3.42. The van der Waals surface area contributed by atoms with Crippen LogP contribution in [0.4, 0.5) is 17.1 Å². The molecule has 0 saturated heterocycles. The molecule has 2 rings (SSSR count). The summed E-state index contributed by atoms with van der Waals surface area (Å²) in [5, 5.41) is 14.5. The summed E-state index contributed by atoms with van der Waals surface area (Å²) in [5.74, 6) is -1.00. The van der Waals surface area contributed by atoms with Gasteiger partial charge >= 0.3 is 5.97 Å². The Bertz CT molecular complexity index is 852. The predicted molar refractivity (Wildman–Crippen MR) is 106 cm³/mol.